The van der Waals surface area contributed by atoms with Gasteiger partial charge in [-0.15, -0.1) is 0 Å². The second-order valence-corrected chi connectivity index (χ2v) is 3.65. The smallest absolute Gasteiger partial charge is 0.410 e. The lowest BCUT2D eigenvalue weighted by atomic mass is 10.2. The maximum absolute atomic E-state index is 11.6. The molecule has 0 aliphatic carbocycles. The molecule has 1 amide bonds. The molecule has 0 aliphatic heterocycles. The van der Waals surface area contributed by atoms with Gasteiger partial charge in [0.2, 0.25) is 0 Å². The van der Waals surface area contributed by atoms with Crippen molar-refractivity contribution in [2.45, 2.75) is 0 Å². The van der Waals surface area contributed by atoms with E-state index in [0.717, 1.165) is 5.56 Å². The summed E-state index contributed by atoms with van der Waals surface area (Å²) in [5, 5.41) is 2.65. The third-order valence-corrected chi connectivity index (χ3v) is 2.35. The molecule has 0 atom stereocenters. The largest absolute Gasteiger partial charge is 0.417 e. The first kappa shape index (κ1) is 11.9. The van der Waals surface area contributed by atoms with Crippen LogP contribution in [0.5, 0.6) is 5.75 Å². The lowest BCUT2D eigenvalue weighted by molar-refractivity contribution is 0.215. The van der Waals surface area contributed by atoms with Crippen molar-refractivity contribution in [1.29, 1.82) is 0 Å². The summed E-state index contributed by atoms with van der Waals surface area (Å²) in [7, 11) is 0. The molecule has 0 saturated carbocycles. The van der Waals surface area contributed by atoms with Crippen LogP contribution in [0.25, 0.3) is 6.08 Å². The predicted octanol–water partition coefficient (Wildman–Crippen LogP) is 3.94. The van der Waals surface area contributed by atoms with Crippen molar-refractivity contribution < 1.29 is 9.53 Å². The predicted molar refractivity (Wildman–Crippen MR) is 72.6 cm³/mol. The Morgan fingerprint density at radius 2 is 1.72 bits per heavy atom. The number of amides is 1. The third kappa shape index (κ3) is 3.22. The van der Waals surface area contributed by atoms with E-state index in [2.05, 4.69) is 11.9 Å². The van der Waals surface area contributed by atoms with Gasteiger partial charge in [-0.3, -0.25) is 5.32 Å². The van der Waals surface area contributed by atoms with Gasteiger partial charge in [0.05, 0.1) is 0 Å². The zero-order chi connectivity index (χ0) is 12.8. The van der Waals surface area contributed by atoms with Gasteiger partial charge < -0.3 is 4.74 Å². The van der Waals surface area contributed by atoms with E-state index in [0.29, 0.717) is 11.4 Å². The summed E-state index contributed by atoms with van der Waals surface area (Å²) in [4.78, 5) is 11.6. The molecular weight excluding hydrogens is 226 g/mol. The molecule has 18 heavy (non-hydrogen) atoms. The SMILES string of the molecule is C=Cc1ccc(NC(=O)Oc2ccccc2)cc1. The van der Waals surface area contributed by atoms with E-state index in [-0.39, 0.29) is 0 Å². The normalized spacial score (nSPS) is 9.56. The van der Waals surface area contributed by atoms with E-state index in [1.807, 2.05) is 30.3 Å². The number of benzene rings is 2. The van der Waals surface area contributed by atoms with Gasteiger partial charge in [-0.2, -0.15) is 0 Å². The summed E-state index contributed by atoms with van der Waals surface area (Å²) < 4.78 is 5.10. The third-order valence-electron chi connectivity index (χ3n) is 2.35. The number of para-hydroxylation sites is 1. The van der Waals surface area contributed by atoms with E-state index in [1.165, 1.54) is 0 Å². The van der Waals surface area contributed by atoms with Crippen molar-refractivity contribution in [3.05, 3.63) is 66.7 Å². The first-order chi connectivity index (χ1) is 8.78. The Labute approximate surface area is 106 Å². The molecule has 1 N–H and O–H groups in total. The number of nitrogens with one attached hydrogen (secondary N) is 1. The van der Waals surface area contributed by atoms with Crippen molar-refractivity contribution >= 4 is 17.9 Å². The molecule has 2 rings (SSSR count). The van der Waals surface area contributed by atoms with E-state index < -0.39 is 6.09 Å². The molecule has 0 fully saturated rings. The minimum atomic E-state index is -0.507. The topological polar surface area (TPSA) is 38.3 Å². The molecule has 0 unspecified atom stereocenters. The molecule has 0 radical (unpaired) electrons. The van der Waals surface area contributed by atoms with Crippen molar-refractivity contribution in [3.63, 3.8) is 0 Å². The monoisotopic (exact) mass is 239 g/mol. The van der Waals surface area contributed by atoms with Crippen LogP contribution in [0, 0.1) is 0 Å². The van der Waals surface area contributed by atoms with Crippen LogP contribution in [-0.4, -0.2) is 6.09 Å². The fourth-order valence-electron chi connectivity index (χ4n) is 1.44. The molecule has 0 saturated heterocycles. The number of carbonyl (C=O) groups excluding carboxylic acids is 1. The zero-order valence-corrected chi connectivity index (χ0v) is 9.80. The van der Waals surface area contributed by atoms with Gasteiger partial charge in [0.1, 0.15) is 5.75 Å². The number of carbonyl (C=O) groups is 1. The van der Waals surface area contributed by atoms with Crippen molar-refractivity contribution in [3.8, 4) is 5.75 Å². The van der Waals surface area contributed by atoms with Crippen LogP contribution in [0.15, 0.2) is 61.2 Å². The van der Waals surface area contributed by atoms with E-state index in [1.54, 1.807) is 30.3 Å². The van der Waals surface area contributed by atoms with Crippen molar-refractivity contribution in [2.75, 3.05) is 5.32 Å². The first-order valence-electron chi connectivity index (χ1n) is 5.54. The molecule has 0 heterocycles. The Bertz CT molecular complexity index is 532. The van der Waals surface area contributed by atoms with Crippen LogP contribution in [0.2, 0.25) is 0 Å². The summed E-state index contributed by atoms with van der Waals surface area (Å²) in [5.74, 6) is 0.512. The zero-order valence-electron chi connectivity index (χ0n) is 9.80. The Morgan fingerprint density at radius 3 is 2.33 bits per heavy atom. The van der Waals surface area contributed by atoms with E-state index in [4.69, 9.17) is 4.74 Å². The fourth-order valence-corrected chi connectivity index (χ4v) is 1.44. The Hall–Kier alpha value is -2.55. The minimum absolute atomic E-state index is 0.507. The Balaban J connectivity index is 1.96. The van der Waals surface area contributed by atoms with Gasteiger partial charge in [-0.05, 0) is 29.8 Å². The van der Waals surface area contributed by atoms with Gasteiger partial charge >= 0.3 is 6.09 Å². The minimum Gasteiger partial charge on any atom is -0.410 e. The maximum Gasteiger partial charge on any atom is 0.417 e. The summed E-state index contributed by atoms with van der Waals surface area (Å²) in [6, 6.07) is 16.2. The molecule has 3 heteroatoms. The highest BCUT2D eigenvalue weighted by molar-refractivity contribution is 5.86. The summed E-state index contributed by atoms with van der Waals surface area (Å²) in [6.45, 7) is 3.67. The van der Waals surface area contributed by atoms with E-state index >= 15 is 0 Å². The number of ether oxygens (including phenoxy) is 1. The van der Waals surface area contributed by atoms with Gasteiger partial charge in [0.15, 0.2) is 0 Å². The number of hydrogen-bond donors (Lipinski definition) is 1. The molecular formula is C15H13NO2. The molecule has 0 aromatic heterocycles. The van der Waals surface area contributed by atoms with Gasteiger partial charge in [-0.1, -0.05) is 43.0 Å². The van der Waals surface area contributed by atoms with Crippen LogP contribution in [0.3, 0.4) is 0 Å². The van der Waals surface area contributed by atoms with Gasteiger partial charge in [0.25, 0.3) is 0 Å². The maximum atomic E-state index is 11.6. The van der Waals surface area contributed by atoms with Crippen LogP contribution in [-0.2, 0) is 0 Å². The summed E-state index contributed by atoms with van der Waals surface area (Å²) in [5.41, 5.74) is 1.68. The van der Waals surface area contributed by atoms with Gasteiger partial charge in [-0.25, -0.2) is 4.79 Å². The average Bonchev–Trinajstić information content (AvgIpc) is 2.40. The molecule has 0 spiro atoms. The van der Waals surface area contributed by atoms with Gasteiger partial charge in [0, 0.05) is 5.69 Å². The molecule has 3 nitrogen and oxygen atoms in total. The Morgan fingerprint density at radius 1 is 1.06 bits per heavy atom. The molecule has 90 valence electrons. The number of rotatable bonds is 3. The van der Waals surface area contributed by atoms with Crippen LogP contribution >= 0.6 is 0 Å². The van der Waals surface area contributed by atoms with Crippen LogP contribution < -0.4 is 10.1 Å². The van der Waals surface area contributed by atoms with Crippen LogP contribution in [0.1, 0.15) is 5.56 Å². The second-order valence-electron chi connectivity index (χ2n) is 3.65. The standard InChI is InChI=1S/C15H13NO2/c1-2-12-8-10-13(11-9-12)16-15(17)18-14-6-4-3-5-7-14/h2-11H,1H2,(H,16,17). The Kier molecular flexibility index (Phi) is 3.76. The highest BCUT2D eigenvalue weighted by Crippen LogP contribution is 2.13. The van der Waals surface area contributed by atoms with Crippen LogP contribution in [0.4, 0.5) is 10.5 Å². The summed E-state index contributed by atoms with van der Waals surface area (Å²) in [6.07, 6.45) is 1.24. The summed E-state index contributed by atoms with van der Waals surface area (Å²) >= 11 is 0. The van der Waals surface area contributed by atoms with Crippen molar-refractivity contribution in [2.24, 2.45) is 0 Å². The first-order valence-corrected chi connectivity index (χ1v) is 5.54. The highest BCUT2D eigenvalue weighted by Gasteiger charge is 2.03. The molecule has 0 aliphatic rings. The lowest BCUT2D eigenvalue weighted by Gasteiger charge is -2.06. The number of hydrogen-bond acceptors (Lipinski definition) is 2. The molecule has 2 aromatic carbocycles. The lowest BCUT2D eigenvalue weighted by Crippen LogP contribution is -2.16. The average molecular weight is 239 g/mol. The van der Waals surface area contributed by atoms with Crippen molar-refractivity contribution in [1.82, 2.24) is 0 Å². The quantitative estimate of drug-likeness (QED) is 0.880. The molecule has 2 aromatic rings. The second kappa shape index (κ2) is 5.68. The molecule has 0 bridgehead atoms. The van der Waals surface area contributed by atoms with E-state index in [9.17, 15) is 4.79 Å². The highest BCUT2D eigenvalue weighted by atomic mass is 16.6. The number of anilines is 1. The fraction of sp³-hybridized carbons (Fsp3) is 0.